The SMILES string of the molecule is CCn1nc(C)cc1C(=O)N(C)C(C)CC#N. The fourth-order valence-corrected chi connectivity index (χ4v) is 1.61. The predicted octanol–water partition coefficient (Wildman–Crippen LogP) is 1.59. The molecule has 1 heterocycles. The second-order valence-corrected chi connectivity index (χ2v) is 4.11. The molecule has 5 nitrogen and oxygen atoms in total. The average Bonchev–Trinajstić information content (AvgIpc) is 2.68. The van der Waals surface area contributed by atoms with Crippen molar-refractivity contribution in [1.82, 2.24) is 14.7 Å². The average molecular weight is 234 g/mol. The van der Waals surface area contributed by atoms with Gasteiger partial charge in [0.2, 0.25) is 0 Å². The number of aryl methyl sites for hydroxylation is 2. The van der Waals surface area contributed by atoms with E-state index in [4.69, 9.17) is 5.26 Å². The van der Waals surface area contributed by atoms with Gasteiger partial charge in [0.15, 0.2) is 0 Å². The van der Waals surface area contributed by atoms with Gasteiger partial charge in [0, 0.05) is 19.6 Å². The number of carbonyl (C=O) groups is 1. The van der Waals surface area contributed by atoms with E-state index in [1.165, 1.54) is 0 Å². The van der Waals surface area contributed by atoms with Crippen LogP contribution in [0.3, 0.4) is 0 Å². The monoisotopic (exact) mass is 234 g/mol. The number of hydrogen-bond acceptors (Lipinski definition) is 3. The first kappa shape index (κ1) is 13.2. The van der Waals surface area contributed by atoms with E-state index in [2.05, 4.69) is 11.2 Å². The van der Waals surface area contributed by atoms with Gasteiger partial charge in [-0.15, -0.1) is 0 Å². The molecule has 0 aliphatic carbocycles. The summed E-state index contributed by atoms with van der Waals surface area (Å²) < 4.78 is 1.69. The molecule has 0 fully saturated rings. The van der Waals surface area contributed by atoms with Crippen LogP contribution in [0, 0.1) is 18.3 Å². The van der Waals surface area contributed by atoms with Crippen LogP contribution >= 0.6 is 0 Å². The van der Waals surface area contributed by atoms with Crippen LogP contribution in [-0.4, -0.2) is 33.7 Å². The Kier molecular flexibility index (Phi) is 4.27. The van der Waals surface area contributed by atoms with Crippen molar-refractivity contribution in [2.75, 3.05) is 7.05 Å². The van der Waals surface area contributed by atoms with E-state index in [0.29, 0.717) is 18.7 Å². The van der Waals surface area contributed by atoms with E-state index in [-0.39, 0.29) is 11.9 Å². The number of rotatable bonds is 4. The van der Waals surface area contributed by atoms with Crippen molar-refractivity contribution in [2.24, 2.45) is 0 Å². The molecule has 1 rings (SSSR count). The Balaban J connectivity index is 2.92. The summed E-state index contributed by atoms with van der Waals surface area (Å²) in [6, 6.07) is 3.76. The molecular weight excluding hydrogens is 216 g/mol. The molecule has 0 aliphatic rings. The van der Waals surface area contributed by atoms with E-state index in [9.17, 15) is 4.79 Å². The lowest BCUT2D eigenvalue weighted by Gasteiger charge is -2.22. The predicted molar refractivity (Wildman–Crippen MR) is 64.4 cm³/mol. The number of amides is 1. The Morgan fingerprint density at radius 1 is 1.71 bits per heavy atom. The van der Waals surface area contributed by atoms with Crippen molar-refractivity contribution in [1.29, 1.82) is 5.26 Å². The van der Waals surface area contributed by atoms with Crippen molar-refractivity contribution in [3.05, 3.63) is 17.5 Å². The van der Waals surface area contributed by atoms with Crippen molar-refractivity contribution >= 4 is 5.91 Å². The fourth-order valence-electron chi connectivity index (χ4n) is 1.61. The van der Waals surface area contributed by atoms with E-state index in [1.54, 1.807) is 22.7 Å². The summed E-state index contributed by atoms with van der Waals surface area (Å²) in [6.07, 6.45) is 0.335. The van der Waals surface area contributed by atoms with Crippen LogP contribution in [0.5, 0.6) is 0 Å². The zero-order valence-electron chi connectivity index (χ0n) is 10.8. The standard InChI is InChI=1S/C12H18N4O/c1-5-16-11(8-9(2)14-16)12(17)15(4)10(3)6-7-13/h8,10H,5-6H2,1-4H3. The largest absolute Gasteiger partial charge is 0.337 e. The van der Waals surface area contributed by atoms with Gasteiger partial charge in [0.05, 0.1) is 18.2 Å². The van der Waals surface area contributed by atoms with Gasteiger partial charge in [-0.05, 0) is 26.8 Å². The first-order valence-corrected chi connectivity index (χ1v) is 5.69. The summed E-state index contributed by atoms with van der Waals surface area (Å²) in [7, 11) is 1.71. The number of aromatic nitrogens is 2. The highest BCUT2D eigenvalue weighted by Crippen LogP contribution is 2.10. The van der Waals surface area contributed by atoms with Crippen LogP contribution in [0.25, 0.3) is 0 Å². The Morgan fingerprint density at radius 2 is 2.35 bits per heavy atom. The third-order valence-corrected chi connectivity index (χ3v) is 2.79. The van der Waals surface area contributed by atoms with E-state index in [1.807, 2.05) is 20.8 Å². The fraction of sp³-hybridized carbons (Fsp3) is 0.583. The maximum Gasteiger partial charge on any atom is 0.272 e. The van der Waals surface area contributed by atoms with Crippen LogP contribution in [0.4, 0.5) is 0 Å². The number of carbonyl (C=O) groups excluding carboxylic acids is 1. The molecule has 17 heavy (non-hydrogen) atoms. The summed E-state index contributed by atoms with van der Waals surface area (Å²) in [6.45, 7) is 6.33. The third kappa shape index (κ3) is 2.84. The smallest absolute Gasteiger partial charge is 0.272 e. The minimum atomic E-state index is -0.0898. The quantitative estimate of drug-likeness (QED) is 0.794. The summed E-state index contributed by atoms with van der Waals surface area (Å²) in [5, 5.41) is 12.9. The molecule has 0 bridgehead atoms. The Morgan fingerprint density at radius 3 is 2.88 bits per heavy atom. The first-order valence-electron chi connectivity index (χ1n) is 5.69. The summed E-state index contributed by atoms with van der Waals surface area (Å²) in [5.41, 5.74) is 1.41. The van der Waals surface area contributed by atoms with E-state index >= 15 is 0 Å². The van der Waals surface area contributed by atoms with E-state index in [0.717, 1.165) is 5.69 Å². The minimum absolute atomic E-state index is 0.0878. The zero-order valence-corrected chi connectivity index (χ0v) is 10.8. The van der Waals surface area contributed by atoms with Crippen molar-refractivity contribution < 1.29 is 4.79 Å². The van der Waals surface area contributed by atoms with Gasteiger partial charge in [0.1, 0.15) is 5.69 Å². The number of nitriles is 1. The molecule has 5 heteroatoms. The molecule has 1 unspecified atom stereocenters. The maximum absolute atomic E-state index is 12.2. The van der Waals surface area contributed by atoms with Gasteiger partial charge in [-0.25, -0.2) is 0 Å². The van der Waals surface area contributed by atoms with E-state index < -0.39 is 0 Å². The molecule has 0 saturated carbocycles. The highest BCUT2D eigenvalue weighted by molar-refractivity contribution is 5.92. The first-order chi connectivity index (χ1) is 8.01. The van der Waals surface area contributed by atoms with Crippen LogP contribution in [0.2, 0.25) is 0 Å². The molecule has 0 saturated heterocycles. The van der Waals surface area contributed by atoms with Gasteiger partial charge in [0.25, 0.3) is 5.91 Å². The second kappa shape index (κ2) is 5.48. The molecule has 1 amide bonds. The van der Waals surface area contributed by atoms with Crippen LogP contribution < -0.4 is 0 Å². The molecule has 0 aliphatic heterocycles. The number of hydrogen-bond donors (Lipinski definition) is 0. The highest BCUT2D eigenvalue weighted by atomic mass is 16.2. The van der Waals surface area contributed by atoms with Crippen molar-refractivity contribution in [3.63, 3.8) is 0 Å². The highest BCUT2D eigenvalue weighted by Gasteiger charge is 2.21. The van der Waals surface area contributed by atoms with Gasteiger partial charge >= 0.3 is 0 Å². The Hall–Kier alpha value is -1.83. The second-order valence-electron chi connectivity index (χ2n) is 4.11. The normalized spacial score (nSPS) is 11.9. The molecule has 0 radical (unpaired) electrons. The van der Waals surface area contributed by atoms with Crippen molar-refractivity contribution in [3.8, 4) is 6.07 Å². The van der Waals surface area contributed by atoms with Crippen molar-refractivity contribution in [2.45, 2.75) is 39.8 Å². The maximum atomic E-state index is 12.2. The lowest BCUT2D eigenvalue weighted by atomic mass is 10.2. The van der Waals surface area contributed by atoms with Gasteiger partial charge in [-0.2, -0.15) is 10.4 Å². The Bertz CT molecular complexity index is 444. The number of nitrogens with zero attached hydrogens (tertiary/aromatic N) is 4. The van der Waals surface area contributed by atoms with Gasteiger partial charge in [-0.3, -0.25) is 9.48 Å². The molecule has 0 N–H and O–H groups in total. The van der Waals surface area contributed by atoms with Crippen LogP contribution in [0.15, 0.2) is 6.07 Å². The molecule has 0 aromatic carbocycles. The van der Waals surface area contributed by atoms with Gasteiger partial charge < -0.3 is 4.90 Å². The molecule has 0 spiro atoms. The molecule has 1 atom stereocenters. The zero-order chi connectivity index (χ0) is 13.0. The molecule has 1 aromatic rings. The summed E-state index contributed by atoms with van der Waals surface area (Å²) >= 11 is 0. The van der Waals surface area contributed by atoms with Crippen LogP contribution in [0.1, 0.15) is 36.5 Å². The van der Waals surface area contributed by atoms with Crippen LogP contribution in [-0.2, 0) is 6.54 Å². The molecule has 92 valence electrons. The third-order valence-electron chi connectivity index (χ3n) is 2.79. The lowest BCUT2D eigenvalue weighted by molar-refractivity contribution is 0.0733. The summed E-state index contributed by atoms with van der Waals surface area (Å²) in [5.74, 6) is -0.0878. The summed E-state index contributed by atoms with van der Waals surface area (Å²) in [4.78, 5) is 13.8. The minimum Gasteiger partial charge on any atom is -0.337 e. The lowest BCUT2D eigenvalue weighted by Crippen LogP contribution is -2.36. The molecule has 1 aromatic heterocycles. The molecular formula is C12H18N4O. The topological polar surface area (TPSA) is 61.9 Å². The Labute approximate surface area is 102 Å². The van der Waals surface area contributed by atoms with Gasteiger partial charge in [-0.1, -0.05) is 0 Å².